The van der Waals surface area contributed by atoms with E-state index in [1.165, 1.54) is 24.3 Å². The number of carboxylic acids is 1. The van der Waals surface area contributed by atoms with Gasteiger partial charge in [0.15, 0.2) is 0 Å². The Morgan fingerprint density at radius 2 is 1.25 bits per heavy atom. The maximum absolute atomic E-state index is 13.6. The van der Waals surface area contributed by atoms with E-state index in [1.807, 2.05) is 12.1 Å². The molecule has 3 N–H and O–H groups in total. The Morgan fingerprint density at radius 3 is 1.70 bits per heavy atom. The van der Waals surface area contributed by atoms with E-state index in [1.54, 1.807) is 16.7 Å². The van der Waals surface area contributed by atoms with Crippen molar-refractivity contribution in [3.63, 3.8) is 0 Å². The molecule has 2 aromatic heterocycles. The number of amides is 2. The van der Waals surface area contributed by atoms with Gasteiger partial charge < -0.3 is 19.6 Å². The summed E-state index contributed by atoms with van der Waals surface area (Å²) < 4.78 is 86.2. The van der Waals surface area contributed by atoms with Gasteiger partial charge in [0.2, 0.25) is 31.9 Å². The molecule has 0 unspecified atom stereocenters. The van der Waals surface area contributed by atoms with Crippen molar-refractivity contribution in [2.45, 2.75) is 84.3 Å². The number of halogens is 4. The lowest BCUT2D eigenvalue weighted by molar-refractivity contribution is -0.124. The SMILES string of the molecule is CCOC(=O)c1cc(C#N)c(N2CCC(C(=O)NS(=O)(=O)CC3CCC(C)CC3)CC2)nc1CF.N#Cc1cc(C(=O)O)c(CF)nc1N1CCC(C(=O)NS(=O)(=O)Cc2ccc(Cl)cc2Cl)CC1. The first-order chi connectivity index (χ1) is 32.7. The number of sulfonamides is 2. The van der Waals surface area contributed by atoms with Crippen molar-refractivity contribution in [3.8, 4) is 12.1 Å². The van der Waals surface area contributed by atoms with Gasteiger partial charge in [0, 0.05) is 48.1 Å². The largest absolute Gasteiger partial charge is 0.478 e. The topological polar surface area (TPSA) is 270 Å². The van der Waals surface area contributed by atoms with Gasteiger partial charge >= 0.3 is 11.9 Å². The second-order valence-electron chi connectivity index (χ2n) is 17.1. The van der Waals surface area contributed by atoms with Crippen LogP contribution >= 0.6 is 23.2 Å². The average molecular weight is 1040 g/mol. The van der Waals surface area contributed by atoms with E-state index in [-0.39, 0.29) is 94.5 Å². The van der Waals surface area contributed by atoms with Gasteiger partial charge in [-0.05, 0) is 87.1 Å². The van der Waals surface area contributed by atoms with Crippen LogP contribution in [-0.2, 0) is 53.5 Å². The number of benzene rings is 1. The average Bonchev–Trinajstić information content (AvgIpc) is 3.32. The predicted molar refractivity (Wildman–Crippen MR) is 251 cm³/mol. The van der Waals surface area contributed by atoms with Crippen LogP contribution in [-0.4, -0.2) is 94.2 Å². The molecular formula is C45H52Cl2F2N8O10S2. The van der Waals surface area contributed by atoms with Gasteiger partial charge in [-0.2, -0.15) is 10.5 Å². The highest BCUT2D eigenvalue weighted by Gasteiger charge is 2.33. The monoisotopic (exact) mass is 1040 g/mol. The fourth-order valence-corrected chi connectivity index (χ4v) is 11.7. The van der Waals surface area contributed by atoms with E-state index in [4.69, 9.17) is 27.9 Å². The molecule has 69 heavy (non-hydrogen) atoms. The molecular weight excluding hydrogens is 986 g/mol. The molecule has 0 spiro atoms. The van der Waals surface area contributed by atoms with Crippen LogP contribution in [0.1, 0.15) is 114 Å². The number of alkyl halides is 2. The number of carboxylic acid groups (broad SMARTS) is 1. The number of aromatic carboxylic acids is 1. The molecule has 18 nitrogen and oxygen atoms in total. The third kappa shape index (κ3) is 14.7. The number of carbonyl (C=O) groups is 4. The maximum atomic E-state index is 13.6. The van der Waals surface area contributed by atoms with Crippen molar-refractivity contribution in [3.05, 3.63) is 79.6 Å². The zero-order valence-corrected chi connectivity index (χ0v) is 41.0. The quantitative estimate of drug-likeness (QED) is 0.139. The number of nitrogens with one attached hydrogen (secondary N) is 2. The first-order valence-corrected chi connectivity index (χ1v) is 26.2. The van der Waals surface area contributed by atoms with Crippen LogP contribution in [0, 0.1) is 46.3 Å². The van der Waals surface area contributed by atoms with Crippen LogP contribution in [0.5, 0.6) is 0 Å². The highest BCUT2D eigenvalue weighted by atomic mass is 35.5. The number of anilines is 2. The fraction of sp³-hybridized carbons (Fsp3) is 0.511. The summed E-state index contributed by atoms with van der Waals surface area (Å²) in [5.74, 6) is -3.86. The minimum atomic E-state index is -4.01. The third-order valence-corrected chi connectivity index (χ3v) is 15.4. The molecule has 24 heteroatoms. The number of hydrogen-bond donors (Lipinski definition) is 3. The number of carbonyl (C=O) groups excluding carboxylic acids is 3. The van der Waals surface area contributed by atoms with Gasteiger partial charge in [-0.1, -0.05) is 49.0 Å². The van der Waals surface area contributed by atoms with E-state index in [0.717, 1.165) is 31.7 Å². The molecule has 1 aliphatic carbocycles. The van der Waals surface area contributed by atoms with Crippen LogP contribution < -0.4 is 19.2 Å². The van der Waals surface area contributed by atoms with Gasteiger partial charge in [0.05, 0.1) is 51.8 Å². The van der Waals surface area contributed by atoms with Crippen molar-refractivity contribution >= 4 is 78.6 Å². The Hall–Kier alpha value is -5.68. The number of nitriles is 2. The van der Waals surface area contributed by atoms with Gasteiger partial charge in [0.1, 0.15) is 37.1 Å². The zero-order chi connectivity index (χ0) is 50.6. The molecule has 2 amide bonds. The number of nitrogens with zero attached hydrogens (tertiary/aromatic N) is 6. The Kier molecular flexibility index (Phi) is 19.1. The summed E-state index contributed by atoms with van der Waals surface area (Å²) in [7, 11) is -7.71. The summed E-state index contributed by atoms with van der Waals surface area (Å²) in [5.41, 5.74) is -0.499. The lowest BCUT2D eigenvalue weighted by Gasteiger charge is -2.33. The van der Waals surface area contributed by atoms with Gasteiger partial charge in [-0.25, -0.2) is 45.2 Å². The molecule has 6 rings (SSSR count). The minimum absolute atomic E-state index is 0.0278. The van der Waals surface area contributed by atoms with Crippen molar-refractivity contribution < 1.29 is 54.6 Å². The van der Waals surface area contributed by atoms with Crippen molar-refractivity contribution in [2.24, 2.45) is 23.7 Å². The predicted octanol–water partition coefficient (Wildman–Crippen LogP) is 6.38. The molecule has 0 radical (unpaired) electrons. The van der Waals surface area contributed by atoms with Crippen LogP contribution in [0.2, 0.25) is 10.0 Å². The first-order valence-electron chi connectivity index (χ1n) is 22.1. The summed E-state index contributed by atoms with van der Waals surface area (Å²) >= 11 is 11.8. The summed E-state index contributed by atoms with van der Waals surface area (Å²) in [6.07, 6.45) is 4.96. The van der Waals surface area contributed by atoms with Crippen molar-refractivity contribution in [1.29, 1.82) is 10.5 Å². The Balaban J connectivity index is 0.000000258. The number of hydrogen-bond acceptors (Lipinski definition) is 15. The number of rotatable bonds is 15. The van der Waals surface area contributed by atoms with Crippen LogP contribution in [0.3, 0.4) is 0 Å². The molecule has 2 aliphatic heterocycles. The normalized spacial score (nSPS) is 17.9. The number of aromatic nitrogens is 2. The second-order valence-corrected chi connectivity index (χ2v) is 21.4. The smallest absolute Gasteiger partial charge is 0.340 e. The summed E-state index contributed by atoms with van der Waals surface area (Å²) in [6, 6.07) is 10.6. The standard InChI is InChI=1S/C24H33FN4O5S.C21H19Cl2FN4O5S/c1-3-34-24(31)20-12-19(14-26)22(27-21(20)13-25)29-10-8-18(9-11-29)23(30)28-35(32,33)15-17-6-4-16(2)5-7-17;22-15-2-1-13(17(23)8-15)11-34(32,33)27-20(29)12-3-5-28(6-4-12)19-14(10-25)7-16(21(30)31)18(9-24)26-19/h12,16-18H,3-11,13,15H2,1-2H3,(H,28,30);1-2,7-8,12H,3-6,9,11H2,(H,27,29)(H,30,31). The molecule has 0 bridgehead atoms. The molecule has 1 saturated carbocycles. The molecule has 4 heterocycles. The second kappa shape index (κ2) is 24.2. The van der Waals surface area contributed by atoms with E-state index in [0.29, 0.717) is 42.4 Å². The molecule has 2 saturated heterocycles. The third-order valence-electron chi connectivity index (χ3n) is 12.2. The van der Waals surface area contributed by atoms with E-state index < -0.39 is 74.7 Å². The van der Waals surface area contributed by atoms with Gasteiger partial charge in [-0.15, -0.1) is 0 Å². The highest BCUT2D eigenvalue weighted by molar-refractivity contribution is 7.90. The van der Waals surface area contributed by atoms with E-state index >= 15 is 0 Å². The molecule has 3 aliphatic rings. The number of pyridine rings is 2. The van der Waals surface area contributed by atoms with Crippen LogP contribution in [0.15, 0.2) is 30.3 Å². The van der Waals surface area contributed by atoms with Crippen molar-refractivity contribution in [1.82, 2.24) is 19.4 Å². The minimum Gasteiger partial charge on any atom is -0.478 e. The van der Waals surface area contributed by atoms with Crippen LogP contribution in [0.25, 0.3) is 0 Å². The Morgan fingerprint density at radius 1 is 0.768 bits per heavy atom. The van der Waals surface area contributed by atoms with E-state index in [9.17, 15) is 60.4 Å². The molecule has 3 fully saturated rings. The van der Waals surface area contributed by atoms with Crippen LogP contribution in [0.4, 0.5) is 20.4 Å². The number of esters is 1. The molecule has 372 valence electrons. The maximum Gasteiger partial charge on any atom is 0.340 e. The number of piperidine rings is 2. The molecule has 0 atom stereocenters. The lowest BCUT2D eigenvalue weighted by Crippen LogP contribution is -2.44. The first kappa shape index (κ1) is 54.3. The van der Waals surface area contributed by atoms with E-state index in [2.05, 4.69) is 26.3 Å². The summed E-state index contributed by atoms with van der Waals surface area (Å²) in [6.45, 7) is 2.94. The lowest BCUT2D eigenvalue weighted by atomic mass is 9.84. The number of ether oxygens (including phenoxy) is 1. The van der Waals surface area contributed by atoms with Gasteiger partial charge in [-0.3, -0.25) is 19.0 Å². The molecule has 3 aromatic rings. The highest BCUT2D eigenvalue weighted by Crippen LogP contribution is 2.32. The van der Waals surface area contributed by atoms with Crippen molar-refractivity contribution in [2.75, 3.05) is 48.3 Å². The van der Waals surface area contributed by atoms with Gasteiger partial charge in [0.25, 0.3) is 0 Å². The summed E-state index contributed by atoms with van der Waals surface area (Å²) in [5, 5.41) is 28.7. The zero-order valence-electron chi connectivity index (χ0n) is 37.9. The Labute approximate surface area is 409 Å². The Bertz CT molecular complexity index is 2720. The summed E-state index contributed by atoms with van der Waals surface area (Å²) in [4.78, 5) is 60.3. The fourth-order valence-electron chi connectivity index (χ4n) is 8.41. The molecule has 1 aromatic carbocycles.